The molecule has 0 radical (unpaired) electrons. The minimum absolute atomic E-state index is 0.0689. The number of fused-ring (bicyclic) bond motifs is 2. The number of nitrogens with one attached hydrogen (secondary N) is 1. The van der Waals surface area contributed by atoms with Crippen LogP contribution in [0.1, 0.15) is 27.2 Å². The Morgan fingerprint density at radius 3 is 2.88 bits per heavy atom. The summed E-state index contributed by atoms with van der Waals surface area (Å²) in [6, 6.07) is 0.956. The first kappa shape index (κ1) is 11.9. The summed E-state index contributed by atoms with van der Waals surface area (Å²) in [6.07, 6.45) is 1.12. The van der Waals surface area contributed by atoms with Crippen molar-refractivity contribution in [1.29, 1.82) is 0 Å². The van der Waals surface area contributed by atoms with Gasteiger partial charge in [0.15, 0.2) is 0 Å². The van der Waals surface area contributed by atoms with Crippen LogP contribution in [0.4, 0.5) is 0 Å². The fourth-order valence-electron chi connectivity index (χ4n) is 2.84. The Balaban J connectivity index is 1.98. The number of carbonyl (C=O) groups excluding carboxylic acids is 1. The first-order chi connectivity index (χ1) is 7.61. The van der Waals surface area contributed by atoms with Crippen molar-refractivity contribution in [2.45, 2.75) is 45.3 Å². The average Bonchev–Trinajstić information content (AvgIpc) is 2.53. The summed E-state index contributed by atoms with van der Waals surface area (Å²) in [7, 11) is 0. The first-order valence-corrected chi connectivity index (χ1v) is 6.28. The smallest absolute Gasteiger partial charge is 0.323 e. The van der Waals surface area contributed by atoms with Crippen molar-refractivity contribution >= 4 is 5.97 Å². The Hall–Kier alpha value is -0.610. The SMILES string of the molecule is CCOC(=O)[C@H]1N[C@@H]2C[C@@H]1CN(C(C)C)C2. The van der Waals surface area contributed by atoms with Gasteiger partial charge in [0.1, 0.15) is 6.04 Å². The highest BCUT2D eigenvalue weighted by Gasteiger charge is 2.44. The molecule has 0 aliphatic carbocycles. The molecule has 0 spiro atoms. The zero-order valence-electron chi connectivity index (χ0n) is 10.4. The van der Waals surface area contributed by atoms with Gasteiger partial charge in [-0.2, -0.15) is 0 Å². The maximum atomic E-state index is 11.8. The predicted molar refractivity (Wildman–Crippen MR) is 62.2 cm³/mol. The van der Waals surface area contributed by atoms with Crippen molar-refractivity contribution in [3.63, 3.8) is 0 Å². The number of nitrogens with zero attached hydrogens (tertiary/aromatic N) is 1. The van der Waals surface area contributed by atoms with E-state index in [4.69, 9.17) is 4.74 Å². The normalized spacial score (nSPS) is 34.4. The van der Waals surface area contributed by atoms with Gasteiger partial charge in [0, 0.05) is 25.2 Å². The van der Waals surface area contributed by atoms with Crippen molar-refractivity contribution < 1.29 is 9.53 Å². The van der Waals surface area contributed by atoms with Crippen LogP contribution in [0.3, 0.4) is 0 Å². The molecule has 2 rings (SSSR count). The van der Waals surface area contributed by atoms with E-state index in [9.17, 15) is 4.79 Å². The molecule has 16 heavy (non-hydrogen) atoms. The topological polar surface area (TPSA) is 41.6 Å². The number of esters is 1. The lowest BCUT2D eigenvalue weighted by atomic mass is 9.94. The van der Waals surface area contributed by atoms with Crippen LogP contribution in [0.5, 0.6) is 0 Å². The molecule has 2 saturated heterocycles. The monoisotopic (exact) mass is 226 g/mol. The molecule has 4 heteroatoms. The van der Waals surface area contributed by atoms with Gasteiger partial charge in [0.25, 0.3) is 0 Å². The van der Waals surface area contributed by atoms with E-state index in [1.54, 1.807) is 0 Å². The van der Waals surface area contributed by atoms with Gasteiger partial charge in [-0.05, 0) is 33.1 Å². The molecule has 0 amide bonds. The maximum Gasteiger partial charge on any atom is 0.323 e. The van der Waals surface area contributed by atoms with Crippen molar-refractivity contribution in [1.82, 2.24) is 10.2 Å². The number of hydrogen-bond acceptors (Lipinski definition) is 4. The molecule has 0 saturated carbocycles. The Labute approximate surface area is 97.3 Å². The van der Waals surface area contributed by atoms with Gasteiger partial charge < -0.3 is 10.1 Å². The lowest BCUT2D eigenvalue weighted by Gasteiger charge is -2.34. The number of ether oxygens (including phenoxy) is 1. The molecule has 2 heterocycles. The van der Waals surface area contributed by atoms with E-state index >= 15 is 0 Å². The Morgan fingerprint density at radius 2 is 2.25 bits per heavy atom. The second-order valence-corrected chi connectivity index (χ2v) is 5.14. The van der Waals surface area contributed by atoms with Gasteiger partial charge in [-0.15, -0.1) is 0 Å². The number of carbonyl (C=O) groups is 1. The van der Waals surface area contributed by atoms with Gasteiger partial charge in [0.05, 0.1) is 6.61 Å². The van der Waals surface area contributed by atoms with E-state index in [0.717, 1.165) is 19.5 Å². The van der Waals surface area contributed by atoms with Gasteiger partial charge in [0.2, 0.25) is 0 Å². The third-order valence-electron chi connectivity index (χ3n) is 3.67. The highest BCUT2D eigenvalue weighted by molar-refractivity contribution is 5.76. The molecule has 3 atom stereocenters. The third-order valence-corrected chi connectivity index (χ3v) is 3.67. The standard InChI is InChI=1S/C12H22N2O2/c1-4-16-12(15)11-9-5-10(13-11)7-14(6-9)8(2)3/h8-11,13H,4-7H2,1-3H3/t9-,10-,11+/m1/s1. The highest BCUT2D eigenvalue weighted by atomic mass is 16.5. The summed E-state index contributed by atoms with van der Waals surface area (Å²) in [5.74, 6) is 0.362. The molecule has 2 aliphatic rings. The molecule has 0 aromatic rings. The zero-order chi connectivity index (χ0) is 11.7. The van der Waals surface area contributed by atoms with Gasteiger partial charge in [-0.3, -0.25) is 9.69 Å². The predicted octanol–water partition coefficient (Wildman–Crippen LogP) is 0.620. The molecule has 92 valence electrons. The summed E-state index contributed by atoms with van der Waals surface area (Å²) in [6.45, 7) is 8.84. The van der Waals surface area contributed by atoms with Crippen LogP contribution in [-0.4, -0.2) is 48.7 Å². The summed E-state index contributed by atoms with van der Waals surface area (Å²) < 4.78 is 5.11. The van der Waals surface area contributed by atoms with Crippen molar-refractivity contribution in [3.8, 4) is 0 Å². The molecule has 0 unspecified atom stereocenters. The molecule has 1 N–H and O–H groups in total. The fraction of sp³-hybridized carbons (Fsp3) is 0.917. The zero-order valence-corrected chi connectivity index (χ0v) is 10.4. The lowest BCUT2D eigenvalue weighted by molar-refractivity contribution is -0.146. The summed E-state index contributed by atoms with van der Waals surface area (Å²) in [5.41, 5.74) is 0. The molecular weight excluding hydrogens is 204 g/mol. The number of likely N-dealkylation sites (tertiary alicyclic amines) is 1. The van der Waals surface area contributed by atoms with Crippen LogP contribution >= 0.6 is 0 Å². The third kappa shape index (κ3) is 2.23. The highest BCUT2D eigenvalue weighted by Crippen LogP contribution is 2.29. The minimum Gasteiger partial charge on any atom is -0.465 e. The molecule has 4 nitrogen and oxygen atoms in total. The number of piperidine rings is 1. The maximum absolute atomic E-state index is 11.8. The Morgan fingerprint density at radius 1 is 1.50 bits per heavy atom. The van der Waals surface area contributed by atoms with Crippen molar-refractivity contribution in [2.75, 3.05) is 19.7 Å². The number of hydrogen-bond donors (Lipinski definition) is 1. The molecule has 2 fully saturated rings. The van der Waals surface area contributed by atoms with E-state index < -0.39 is 0 Å². The van der Waals surface area contributed by atoms with E-state index in [0.29, 0.717) is 24.6 Å². The van der Waals surface area contributed by atoms with E-state index in [1.807, 2.05) is 6.92 Å². The first-order valence-electron chi connectivity index (χ1n) is 6.28. The second-order valence-electron chi connectivity index (χ2n) is 5.14. The summed E-state index contributed by atoms with van der Waals surface area (Å²) >= 11 is 0. The van der Waals surface area contributed by atoms with E-state index in [2.05, 4.69) is 24.1 Å². The summed E-state index contributed by atoms with van der Waals surface area (Å²) in [5, 5.41) is 3.41. The van der Waals surface area contributed by atoms with E-state index in [1.165, 1.54) is 0 Å². The summed E-state index contributed by atoms with van der Waals surface area (Å²) in [4.78, 5) is 14.2. The van der Waals surface area contributed by atoms with Crippen LogP contribution in [-0.2, 0) is 9.53 Å². The second kappa shape index (κ2) is 4.72. The molecular formula is C12H22N2O2. The van der Waals surface area contributed by atoms with Crippen LogP contribution in [0.25, 0.3) is 0 Å². The molecule has 2 aliphatic heterocycles. The van der Waals surface area contributed by atoms with Crippen LogP contribution in [0.2, 0.25) is 0 Å². The largest absolute Gasteiger partial charge is 0.465 e. The Bertz CT molecular complexity index is 268. The van der Waals surface area contributed by atoms with Crippen molar-refractivity contribution in [3.05, 3.63) is 0 Å². The lowest BCUT2D eigenvalue weighted by Crippen LogP contribution is -2.44. The van der Waals surface area contributed by atoms with Crippen molar-refractivity contribution in [2.24, 2.45) is 5.92 Å². The fourth-order valence-corrected chi connectivity index (χ4v) is 2.84. The van der Waals surface area contributed by atoms with Crippen LogP contribution < -0.4 is 5.32 Å². The van der Waals surface area contributed by atoms with E-state index in [-0.39, 0.29) is 12.0 Å². The van der Waals surface area contributed by atoms with Crippen LogP contribution in [0.15, 0.2) is 0 Å². The Kier molecular flexibility index (Phi) is 3.50. The average molecular weight is 226 g/mol. The van der Waals surface area contributed by atoms with Gasteiger partial charge >= 0.3 is 5.97 Å². The quantitative estimate of drug-likeness (QED) is 0.716. The molecule has 0 aromatic heterocycles. The van der Waals surface area contributed by atoms with Gasteiger partial charge in [-0.25, -0.2) is 0 Å². The minimum atomic E-state index is -0.0753. The number of rotatable bonds is 3. The molecule has 2 bridgehead atoms. The van der Waals surface area contributed by atoms with Crippen LogP contribution in [0, 0.1) is 5.92 Å². The molecule has 0 aromatic carbocycles. The van der Waals surface area contributed by atoms with Gasteiger partial charge in [-0.1, -0.05) is 0 Å².